The van der Waals surface area contributed by atoms with Crippen LogP contribution in [0.25, 0.3) is 22.2 Å². The summed E-state index contributed by atoms with van der Waals surface area (Å²) in [6.45, 7) is 4.24. The molecule has 2 aromatic carbocycles. The Kier molecular flexibility index (Phi) is 4.48. The molecule has 0 aliphatic heterocycles. The highest BCUT2D eigenvalue weighted by Crippen LogP contribution is 2.32. The number of aromatic carboxylic acids is 1. The van der Waals surface area contributed by atoms with E-state index in [1.165, 1.54) is 5.56 Å². The van der Waals surface area contributed by atoms with Crippen molar-refractivity contribution < 1.29 is 9.90 Å². The Morgan fingerprint density at radius 2 is 1.75 bits per heavy atom. The first kappa shape index (κ1) is 16.7. The lowest BCUT2D eigenvalue weighted by Gasteiger charge is -2.10. The number of carbonyl (C=O) groups is 1. The summed E-state index contributed by atoms with van der Waals surface area (Å²) >= 11 is 12.2. The minimum Gasteiger partial charge on any atom is -0.478 e. The van der Waals surface area contributed by atoms with E-state index in [9.17, 15) is 9.90 Å². The molecule has 0 amide bonds. The number of carboxylic acid groups (broad SMARTS) is 1. The number of hydrogen-bond donors (Lipinski definition) is 1. The molecule has 0 aliphatic carbocycles. The van der Waals surface area contributed by atoms with E-state index in [-0.39, 0.29) is 5.56 Å². The monoisotopic (exact) mass is 359 g/mol. The van der Waals surface area contributed by atoms with Gasteiger partial charge in [0.1, 0.15) is 0 Å². The molecule has 0 bridgehead atoms. The van der Waals surface area contributed by atoms with Crippen molar-refractivity contribution in [3.63, 3.8) is 0 Å². The van der Waals surface area contributed by atoms with Crippen LogP contribution in [0.3, 0.4) is 0 Å². The molecule has 0 fully saturated rings. The van der Waals surface area contributed by atoms with Crippen molar-refractivity contribution in [2.24, 2.45) is 0 Å². The molecule has 3 aromatic rings. The Morgan fingerprint density at radius 1 is 1.08 bits per heavy atom. The van der Waals surface area contributed by atoms with Gasteiger partial charge in [-0.2, -0.15) is 0 Å². The van der Waals surface area contributed by atoms with Crippen molar-refractivity contribution in [1.29, 1.82) is 0 Å². The molecular weight excluding hydrogens is 345 g/mol. The summed E-state index contributed by atoms with van der Waals surface area (Å²) in [5.74, 6) is -0.615. The summed E-state index contributed by atoms with van der Waals surface area (Å²) in [6.07, 6.45) is 0. The maximum absolute atomic E-state index is 11.7. The Bertz CT molecular complexity index is 934. The number of nitrogens with zero attached hydrogens (tertiary/aromatic N) is 1. The van der Waals surface area contributed by atoms with Gasteiger partial charge in [-0.1, -0.05) is 61.3 Å². The summed E-state index contributed by atoms with van der Waals surface area (Å²) in [5.41, 5.74) is 3.19. The van der Waals surface area contributed by atoms with Gasteiger partial charge in [-0.3, -0.25) is 0 Å². The van der Waals surface area contributed by atoms with E-state index in [0.29, 0.717) is 32.6 Å². The second-order valence-corrected chi connectivity index (χ2v) is 6.76. The minimum atomic E-state index is -1.04. The van der Waals surface area contributed by atoms with Crippen molar-refractivity contribution in [3.8, 4) is 11.3 Å². The third kappa shape index (κ3) is 3.10. The molecule has 3 rings (SSSR count). The number of pyridine rings is 1. The minimum absolute atomic E-state index is 0.132. The molecule has 0 saturated carbocycles. The van der Waals surface area contributed by atoms with Crippen LogP contribution in [0.1, 0.15) is 35.7 Å². The average Bonchev–Trinajstić information content (AvgIpc) is 2.54. The highest BCUT2D eigenvalue weighted by molar-refractivity contribution is 6.38. The first-order chi connectivity index (χ1) is 11.4. The summed E-state index contributed by atoms with van der Waals surface area (Å²) in [5, 5.41) is 10.7. The molecule has 1 aromatic heterocycles. The lowest BCUT2D eigenvalue weighted by Crippen LogP contribution is -2.01. The molecule has 122 valence electrons. The van der Waals surface area contributed by atoms with Crippen LogP contribution < -0.4 is 0 Å². The standard InChI is InChI=1S/C19H15Cl2NO2/c1-10(2)11-3-5-12(6-4-11)17-9-15(19(23)24)14-7-13(20)8-16(21)18(14)22-17/h3-10H,1-2H3,(H,23,24). The second kappa shape index (κ2) is 6.42. The molecule has 5 heteroatoms. The quantitative estimate of drug-likeness (QED) is 0.620. The van der Waals surface area contributed by atoms with Gasteiger partial charge in [-0.15, -0.1) is 0 Å². The van der Waals surface area contributed by atoms with E-state index in [4.69, 9.17) is 23.2 Å². The predicted molar refractivity (Wildman–Crippen MR) is 98.2 cm³/mol. The van der Waals surface area contributed by atoms with Crippen LogP contribution in [-0.4, -0.2) is 16.1 Å². The fourth-order valence-electron chi connectivity index (χ4n) is 2.62. The summed E-state index contributed by atoms with van der Waals surface area (Å²) in [4.78, 5) is 16.2. The van der Waals surface area contributed by atoms with E-state index in [1.807, 2.05) is 24.3 Å². The van der Waals surface area contributed by atoms with Crippen LogP contribution in [-0.2, 0) is 0 Å². The molecule has 0 spiro atoms. The number of rotatable bonds is 3. The fraction of sp³-hybridized carbons (Fsp3) is 0.158. The van der Waals surface area contributed by atoms with Crippen LogP contribution in [0.4, 0.5) is 0 Å². The van der Waals surface area contributed by atoms with Gasteiger partial charge < -0.3 is 5.11 Å². The van der Waals surface area contributed by atoms with Gasteiger partial charge in [0.25, 0.3) is 0 Å². The molecule has 0 atom stereocenters. The smallest absolute Gasteiger partial charge is 0.336 e. The zero-order chi connectivity index (χ0) is 17.4. The van der Waals surface area contributed by atoms with Crippen molar-refractivity contribution >= 4 is 40.1 Å². The molecule has 0 radical (unpaired) electrons. The Labute approximate surface area is 149 Å². The summed E-state index contributed by atoms with van der Waals surface area (Å²) < 4.78 is 0. The maximum Gasteiger partial charge on any atom is 0.336 e. The molecule has 3 nitrogen and oxygen atoms in total. The van der Waals surface area contributed by atoms with E-state index in [1.54, 1.807) is 18.2 Å². The number of fused-ring (bicyclic) bond motifs is 1. The number of aromatic nitrogens is 1. The molecular formula is C19H15Cl2NO2. The first-order valence-corrected chi connectivity index (χ1v) is 8.26. The fourth-order valence-corrected chi connectivity index (χ4v) is 3.15. The van der Waals surface area contributed by atoms with Gasteiger partial charge in [0.05, 0.1) is 21.8 Å². The van der Waals surface area contributed by atoms with Crippen LogP contribution in [0.5, 0.6) is 0 Å². The normalized spacial score (nSPS) is 11.2. The van der Waals surface area contributed by atoms with Crippen LogP contribution >= 0.6 is 23.2 Å². The number of benzene rings is 2. The summed E-state index contributed by atoms with van der Waals surface area (Å²) in [6, 6.07) is 12.6. The van der Waals surface area contributed by atoms with Gasteiger partial charge in [0.15, 0.2) is 0 Å². The van der Waals surface area contributed by atoms with Gasteiger partial charge >= 0.3 is 5.97 Å². The van der Waals surface area contributed by atoms with Crippen molar-refractivity contribution in [2.45, 2.75) is 19.8 Å². The average molecular weight is 360 g/mol. The maximum atomic E-state index is 11.7. The SMILES string of the molecule is CC(C)c1ccc(-c2cc(C(=O)O)c3cc(Cl)cc(Cl)c3n2)cc1. The van der Waals surface area contributed by atoms with Crippen LogP contribution in [0, 0.1) is 0 Å². The molecule has 24 heavy (non-hydrogen) atoms. The molecule has 0 saturated heterocycles. The predicted octanol–water partition coefficient (Wildman–Crippen LogP) is 6.03. The zero-order valence-corrected chi connectivity index (χ0v) is 14.7. The van der Waals surface area contributed by atoms with E-state index in [0.717, 1.165) is 5.56 Å². The lowest BCUT2D eigenvalue weighted by molar-refractivity contribution is 0.0699. The van der Waals surface area contributed by atoms with Gasteiger partial charge in [-0.25, -0.2) is 9.78 Å². The van der Waals surface area contributed by atoms with Gasteiger partial charge in [0.2, 0.25) is 0 Å². The van der Waals surface area contributed by atoms with E-state index in [2.05, 4.69) is 18.8 Å². The lowest BCUT2D eigenvalue weighted by atomic mass is 9.99. The highest BCUT2D eigenvalue weighted by atomic mass is 35.5. The van der Waals surface area contributed by atoms with Crippen molar-refractivity contribution in [3.05, 3.63) is 63.6 Å². The first-order valence-electron chi connectivity index (χ1n) is 7.50. The van der Waals surface area contributed by atoms with Crippen LogP contribution in [0.2, 0.25) is 10.0 Å². The van der Waals surface area contributed by atoms with Crippen LogP contribution in [0.15, 0.2) is 42.5 Å². The second-order valence-electron chi connectivity index (χ2n) is 5.92. The number of hydrogen-bond acceptors (Lipinski definition) is 2. The largest absolute Gasteiger partial charge is 0.478 e. The van der Waals surface area contributed by atoms with Gasteiger partial charge in [0, 0.05) is 16.0 Å². The molecule has 0 unspecified atom stereocenters. The van der Waals surface area contributed by atoms with Crippen molar-refractivity contribution in [1.82, 2.24) is 4.98 Å². The zero-order valence-electron chi connectivity index (χ0n) is 13.2. The molecule has 0 aliphatic rings. The summed E-state index contributed by atoms with van der Waals surface area (Å²) in [7, 11) is 0. The third-order valence-electron chi connectivity index (χ3n) is 3.94. The Balaban J connectivity index is 2.24. The molecule has 1 heterocycles. The molecule has 1 N–H and O–H groups in total. The van der Waals surface area contributed by atoms with E-state index >= 15 is 0 Å². The Morgan fingerprint density at radius 3 is 2.33 bits per heavy atom. The topological polar surface area (TPSA) is 50.2 Å². The number of carboxylic acids is 1. The Hall–Kier alpha value is -2.10. The van der Waals surface area contributed by atoms with Crippen molar-refractivity contribution in [2.75, 3.05) is 0 Å². The highest BCUT2D eigenvalue weighted by Gasteiger charge is 2.16. The number of halogens is 2. The third-order valence-corrected chi connectivity index (χ3v) is 4.44. The van der Waals surface area contributed by atoms with E-state index < -0.39 is 5.97 Å². The van der Waals surface area contributed by atoms with Gasteiger partial charge in [-0.05, 0) is 29.7 Å².